The van der Waals surface area contributed by atoms with Crippen LogP contribution in [-0.4, -0.2) is 41.1 Å². The highest BCUT2D eigenvalue weighted by Crippen LogP contribution is 2.24. The van der Waals surface area contributed by atoms with E-state index in [1.807, 2.05) is 30.3 Å². The van der Waals surface area contributed by atoms with Crippen molar-refractivity contribution in [1.82, 2.24) is 15.0 Å². The molecular formula is C20H21N5O2. The van der Waals surface area contributed by atoms with Gasteiger partial charge in [-0.25, -0.2) is 4.98 Å². The van der Waals surface area contributed by atoms with Crippen LogP contribution in [0.2, 0.25) is 0 Å². The third kappa shape index (κ3) is 3.81. The second-order valence-corrected chi connectivity index (χ2v) is 6.56. The first kappa shape index (κ1) is 17.2. The fourth-order valence-electron chi connectivity index (χ4n) is 3.34. The molecule has 1 aliphatic heterocycles. The molecule has 1 amide bonds. The molecule has 2 aromatic heterocycles. The van der Waals surface area contributed by atoms with Gasteiger partial charge in [-0.05, 0) is 37.1 Å². The second kappa shape index (κ2) is 7.57. The third-order valence-corrected chi connectivity index (χ3v) is 4.85. The molecule has 138 valence electrons. The minimum absolute atomic E-state index is 0.0172. The van der Waals surface area contributed by atoms with E-state index in [0.717, 1.165) is 42.5 Å². The van der Waals surface area contributed by atoms with Crippen molar-refractivity contribution in [2.75, 3.05) is 30.4 Å². The highest BCUT2D eigenvalue weighted by Gasteiger charge is 2.26. The van der Waals surface area contributed by atoms with Gasteiger partial charge in [0.05, 0.1) is 12.6 Å². The fraction of sp³-hybridized carbons (Fsp3) is 0.300. The third-order valence-electron chi connectivity index (χ3n) is 4.85. The molecule has 1 N–H and O–H groups in total. The zero-order valence-electron chi connectivity index (χ0n) is 15.1. The van der Waals surface area contributed by atoms with Crippen molar-refractivity contribution in [3.8, 4) is 5.88 Å². The molecule has 7 nitrogen and oxygen atoms in total. The Kier molecular flexibility index (Phi) is 4.82. The Bertz CT molecular complexity index is 954. The maximum Gasteiger partial charge on any atom is 0.228 e. The normalized spacial score (nSPS) is 14.9. The summed E-state index contributed by atoms with van der Waals surface area (Å²) in [5.41, 5.74) is 1.72. The summed E-state index contributed by atoms with van der Waals surface area (Å²) in [6.45, 7) is 1.49. The number of amides is 1. The first-order chi connectivity index (χ1) is 13.2. The van der Waals surface area contributed by atoms with Crippen molar-refractivity contribution >= 4 is 28.4 Å². The zero-order valence-corrected chi connectivity index (χ0v) is 15.1. The Labute approximate surface area is 157 Å². The molecule has 0 spiro atoms. The molecule has 7 heteroatoms. The van der Waals surface area contributed by atoms with Gasteiger partial charge in [0.2, 0.25) is 17.7 Å². The Morgan fingerprint density at radius 2 is 2.00 bits per heavy atom. The summed E-state index contributed by atoms with van der Waals surface area (Å²) in [5, 5.41) is 4.05. The van der Waals surface area contributed by atoms with Crippen LogP contribution < -0.4 is 15.0 Å². The first-order valence-corrected chi connectivity index (χ1v) is 9.00. The van der Waals surface area contributed by atoms with Crippen LogP contribution in [0.15, 0.2) is 48.8 Å². The Balaban J connectivity index is 1.37. The van der Waals surface area contributed by atoms with Gasteiger partial charge in [-0.2, -0.15) is 4.98 Å². The molecule has 1 fully saturated rings. The second-order valence-electron chi connectivity index (χ2n) is 6.56. The predicted molar refractivity (Wildman–Crippen MR) is 104 cm³/mol. The molecule has 0 saturated carbocycles. The van der Waals surface area contributed by atoms with Crippen molar-refractivity contribution < 1.29 is 9.53 Å². The fourth-order valence-corrected chi connectivity index (χ4v) is 3.34. The zero-order chi connectivity index (χ0) is 18.6. The number of nitrogens with zero attached hydrogens (tertiary/aromatic N) is 4. The van der Waals surface area contributed by atoms with Gasteiger partial charge in [-0.3, -0.25) is 9.78 Å². The number of ether oxygens (including phenoxy) is 1. The summed E-state index contributed by atoms with van der Waals surface area (Å²) < 4.78 is 5.16. The largest absolute Gasteiger partial charge is 0.481 e. The predicted octanol–water partition coefficient (Wildman–Crippen LogP) is 2.89. The lowest BCUT2D eigenvalue weighted by molar-refractivity contribution is -0.120. The molecule has 3 heterocycles. The molecule has 0 bridgehead atoms. The van der Waals surface area contributed by atoms with Crippen LogP contribution in [0.5, 0.6) is 5.88 Å². The van der Waals surface area contributed by atoms with Gasteiger partial charge in [0.1, 0.15) is 0 Å². The van der Waals surface area contributed by atoms with E-state index in [1.165, 1.54) is 0 Å². The van der Waals surface area contributed by atoms with Crippen LogP contribution in [0.4, 0.5) is 11.6 Å². The minimum atomic E-state index is -0.0172. The molecule has 1 aliphatic rings. The smallest absolute Gasteiger partial charge is 0.228 e. The standard InChI is InChI=1S/C20H21N5O2/c1-27-18-6-10-22-20(24-18)25-11-7-14(8-12-25)19(26)23-16-4-5-17-15(13-16)3-2-9-21-17/h2-6,9-10,13-14H,7-8,11-12H2,1H3,(H,23,26). The number of hydrogen-bond acceptors (Lipinski definition) is 6. The SMILES string of the molecule is COc1ccnc(N2CCC(C(=O)Nc3ccc4ncccc4c3)CC2)n1. The molecule has 0 aliphatic carbocycles. The number of aromatic nitrogens is 3. The maximum absolute atomic E-state index is 12.7. The van der Waals surface area contributed by atoms with E-state index in [1.54, 1.807) is 25.6 Å². The van der Waals surface area contributed by atoms with Gasteiger partial charge in [0.15, 0.2) is 0 Å². The monoisotopic (exact) mass is 363 g/mol. The number of carbonyl (C=O) groups excluding carboxylic acids is 1. The molecule has 0 radical (unpaired) electrons. The summed E-state index contributed by atoms with van der Waals surface area (Å²) in [4.78, 5) is 27.7. The summed E-state index contributed by atoms with van der Waals surface area (Å²) in [5.74, 6) is 1.24. The Hall–Kier alpha value is -3.22. The van der Waals surface area contributed by atoms with E-state index in [4.69, 9.17) is 4.74 Å². The lowest BCUT2D eigenvalue weighted by Crippen LogP contribution is -2.39. The summed E-state index contributed by atoms with van der Waals surface area (Å²) in [7, 11) is 1.59. The highest BCUT2D eigenvalue weighted by atomic mass is 16.5. The molecule has 4 rings (SSSR count). The van der Waals surface area contributed by atoms with Crippen LogP contribution in [0.25, 0.3) is 10.9 Å². The van der Waals surface area contributed by atoms with E-state index in [9.17, 15) is 4.79 Å². The van der Waals surface area contributed by atoms with Crippen LogP contribution in [0, 0.1) is 5.92 Å². The maximum atomic E-state index is 12.7. The molecule has 1 aromatic carbocycles. The quantitative estimate of drug-likeness (QED) is 0.768. The number of nitrogens with one attached hydrogen (secondary N) is 1. The number of anilines is 2. The number of benzene rings is 1. The molecule has 0 atom stereocenters. The molecule has 3 aromatic rings. The van der Waals surface area contributed by atoms with E-state index in [2.05, 4.69) is 25.2 Å². The van der Waals surface area contributed by atoms with Crippen LogP contribution in [0.3, 0.4) is 0 Å². The van der Waals surface area contributed by atoms with Crippen molar-refractivity contribution in [3.63, 3.8) is 0 Å². The average molecular weight is 363 g/mol. The van der Waals surface area contributed by atoms with E-state index in [0.29, 0.717) is 11.8 Å². The first-order valence-electron chi connectivity index (χ1n) is 9.00. The Morgan fingerprint density at radius 3 is 2.81 bits per heavy atom. The number of pyridine rings is 1. The van der Waals surface area contributed by atoms with E-state index >= 15 is 0 Å². The van der Waals surface area contributed by atoms with Gasteiger partial charge in [0, 0.05) is 48.5 Å². The van der Waals surface area contributed by atoms with Gasteiger partial charge >= 0.3 is 0 Å². The minimum Gasteiger partial charge on any atom is -0.481 e. The average Bonchev–Trinajstić information content (AvgIpc) is 2.74. The summed E-state index contributed by atoms with van der Waals surface area (Å²) >= 11 is 0. The van der Waals surface area contributed by atoms with Crippen molar-refractivity contribution in [1.29, 1.82) is 0 Å². The van der Waals surface area contributed by atoms with Crippen LogP contribution in [-0.2, 0) is 4.79 Å². The van der Waals surface area contributed by atoms with Gasteiger partial charge in [-0.1, -0.05) is 6.07 Å². The number of fused-ring (bicyclic) bond motifs is 1. The molecule has 1 saturated heterocycles. The lowest BCUT2D eigenvalue weighted by Gasteiger charge is -2.31. The van der Waals surface area contributed by atoms with Crippen LogP contribution in [0.1, 0.15) is 12.8 Å². The van der Waals surface area contributed by atoms with Crippen molar-refractivity contribution in [3.05, 3.63) is 48.8 Å². The van der Waals surface area contributed by atoms with Crippen molar-refractivity contribution in [2.45, 2.75) is 12.8 Å². The molecular weight excluding hydrogens is 342 g/mol. The molecule has 0 unspecified atom stereocenters. The highest BCUT2D eigenvalue weighted by molar-refractivity contribution is 5.95. The van der Waals surface area contributed by atoms with Gasteiger partial charge in [0.25, 0.3) is 0 Å². The number of hydrogen-bond donors (Lipinski definition) is 1. The summed E-state index contributed by atoms with van der Waals surface area (Å²) in [6, 6.07) is 11.4. The van der Waals surface area contributed by atoms with E-state index in [-0.39, 0.29) is 11.8 Å². The molecule has 27 heavy (non-hydrogen) atoms. The van der Waals surface area contributed by atoms with Crippen LogP contribution >= 0.6 is 0 Å². The Morgan fingerprint density at radius 1 is 1.15 bits per heavy atom. The number of carbonyl (C=O) groups is 1. The number of piperidine rings is 1. The van der Waals surface area contributed by atoms with Crippen molar-refractivity contribution in [2.24, 2.45) is 5.92 Å². The van der Waals surface area contributed by atoms with Gasteiger partial charge in [-0.15, -0.1) is 0 Å². The number of methoxy groups -OCH3 is 1. The lowest BCUT2D eigenvalue weighted by atomic mass is 9.96. The number of rotatable bonds is 4. The summed E-state index contributed by atoms with van der Waals surface area (Å²) in [6.07, 6.45) is 4.98. The van der Waals surface area contributed by atoms with Gasteiger partial charge < -0.3 is 15.0 Å². The van der Waals surface area contributed by atoms with E-state index < -0.39 is 0 Å². The topological polar surface area (TPSA) is 80.2 Å².